The van der Waals surface area contributed by atoms with Crippen LogP contribution in [0.15, 0.2) is 0 Å². The number of aliphatic hydroxyl groups excluding tert-OH is 1. The predicted molar refractivity (Wildman–Crippen MR) is 70.0 cm³/mol. The lowest BCUT2D eigenvalue weighted by Gasteiger charge is -2.29. The summed E-state index contributed by atoms with van der Waals surface area (Å²) in [6.45, 7) is 2.60. The van der Waals surface area contributed by atoms with E-state index < -0.39 is 12.1 Å². The quantitative estimate of drug-likeness (QED) is 0.740. The summed E-state index contributed by atoms with van der Waals surface area (Å²) in [5, 5.41) is 11.6. The highest BCUT2D eigenvalue weighted by Gasteiger charge is 2.42. The van der Waals surface area contributed by atoms with Crippen molar-refractivity contribution >= 4 is 5.91 Å². The van der Waals surface area contributed by atoms with Crippen molar-refractivity contribution in [3.05, 3.63) is 0 Å². The Morgan fingerprint density at radius 1 is 1.30 bits per heavy atom. The van der Waals surface area contributed by atoms with Crippen LogP contribution in [0.25, 0.3) is 0 Å². The van der Waals surface area contributed by atoms with Gasteiger partial charge in [-0.25, -0.2) is 0 Å². The number of alkyl halides is 3. The molecular weight excluding hydrogens is 271 g/mol. The summed E-state index contributed by atoms with van der Waals surface area (Å²) in [5.41, 5.74) is 0. The van der Waals surface area contributed by atoms with Crippen molar-refractivity contribution in [2.75, 3.05) is 13.2 Å². The maximum absolute atomic E-state index is 12.5. The highest BCUT2D eigenvalue weighted by atomic mass is 19.4. The van der Waals surface area contributed by atoms with E-state index >= 15 is 0 Å². The molecular formula is C14H24F3NO2. The smallest absolute Gasteiger partial charge is 0.391 e. The minimum Gasteiger partial charge on any atom is -0.396 e. The lowest BCUT2D eigenvalue weighted by atomic mass is 9.81. The zero-order valence-corrected chi connectivity index (χ0v) is 11.9. The molecule has 1 fully saturated rings. The second-order valence-electron chi connectivity index (χ2n) is 5.81. The molecule has 1 aliphatic carbocycles. The molecule has 1 rings (SSSR count). The molecule has 20 heavy (non-hydrogen) atoms. The fraction of sp³-hybridized carbons (Fsp3) is 0.929. The molecule has 0 spiro atoms. The van der Waals surface area contributed by atoms with Crippen LogP contribution in [0.1, 0.15) is 45.4 Å². The first kappa shape index (κ1) is 17.3. The normalized spacial score (nSPS) is 25.2. The van der Waals surface area contributed by atoms with E-state index in [1.54, 1.807) is 0 Å². The Hall–Kier alpha value is -0.780. The van der Waals surface area contributed by atoms with Gasteiger partial charge in [0.2, 0.25) is 5.91 Å². The zero-order chi connectivity index (χ0) is 15.2. The molecule has 1 aliphatic rings. The van der Waals surface area contributed by atoms with Gasteiger partial charge in [0.15, 0.2) is 0 Å². The molecule has 118 valence electrons. The standard InChI is InChI=1S/C14H24F3NO2/c1-10(9-19)3-2-8-18-13(20)11-4-6-12(7-5-11)14(15,16)17/h10-12,19H,2-9H2,1H3,(H,18,20). The van der Waals surface area contributed by atoms with E-state index in [1.165, 1.54) is 0 Å². The molecule has 0 bridgehead atoms. The maximum Gasteiger partial charge on any atom is 0.391 e. The minimum absolute atomic E-state index is 0.0587. The van der Waals surface area contributed by atoms with Crippen LogP contribution in [0.5, 0.6) is 0 Å². The van der Waals surface area contributed by atoms with Gasteiger partial charge in [0, 0.05) is 19.1 Å². The summed E-state index contributed by atoms with van der Waals surface area (Å²) >= 11 is 0. The van der Waals surface area contributed by atoms with Gasteiger partial charge in [-0.1, -0.05) is 6.92 Å². The molecule has 1 atom stereocenters. The molecule has 1 unspecified atom stereocenters. The van der Waals surface area contributed by atoms with Crippen molar-refractivity contribution in [3.8, 4) is 0 Å². The number of hydrogen-bond acceptors (Lipinski definition) is 2. The van der Waals surface area contributed by atoms with E-state index in [1.807, 2.05) is 6.92 Å². The number of amides is 1. The van der Waals surface area contributed by atoms with Crippen LogP contribution in [0.2, 0.25) is 0 Å². The topological polar surface area (TPSA) is 49.3 Å². The molecule has 0 radical (unpaired) electrons. The first-order chi connectivity index (χ1) is 9.34. The van der Waals surface area contributed by atoms with Gasteiger partial charge < -0.3 is 10.4 Å². The largest absolute Gasteiger partial charge is 0.396 e. The molecule has 6 heteroatoms. The van der Waals surface area contributed by atoms with Gasteiger partial charge in [-0.15, -0.1) is 0 Å². The van der Waals surface area contributed by atoms with Crippen LogP contribution < -0.4 is 5.32 Å². The molecule has 2 N–H and O–H groups in total. The third-order valence-corrected chi connectivity index (χ3v) is 4.05. The van der Waals surface area contributed by atoms with Gasteiger partial charge in [-0.2, -0.15) is 13.2 Å². The van der Waals surface area contributed by atoms with Crippen LogP contribution in [0.3, 0.4) is 0 Å². The van der Waals surface area contributed by atoms with Crippen LogP contribution in [0.4, 0.5) is 13.2 Å². The molecule has 0 aromatic carbocycles. The van der Waals surface area contributed by atoms with Gasteiger partial charge in [-0.05, 0) is 44.4 Å². The predicted octanol–water partition coefficient (Wildman–Crippen LogP) is 2.88. The Morgan fingerprint density at radius 2 is 1.90 bits per heavy atom. The van der Waals surface area contributed by atoms with E-state index in [4.69, 9.17) is 5.11 Å². The highest BCUT2D eigenvalue weighted by Crippen LogP contribution is 2.39. The average Bonchev–Trinajstić information content (AvgIpc) is 2.42. The third kappa shape index (κ3) is 5.69. The van der Waals surface area contributed by atoms with Crippen molar-refractivity contribution in [2.24, 2.45) is 17.8 Å². The van der Waals surface area contributed by atoms with Crippen molar-refractivity contribution in [2.45, 2.75) is 51.6 Å². The second kappa shape index (κ2) is 7.86. The van der Waals surface area contributed by atoms with Gasteiger partial charge in [0.05, 0.1) is 5.92 Å². The molecule has 1 saturated carbocycles. The van der Waals surface area contributed by atoms with Crippen LogP contribution in [-0.2, 0) is 4.79 Å². The Labute approximate surface area is 117 Å². The molecule has 0 aliphatic heterocycles. The van der Waals surface area contributed by atoms with Crippen molar-refractivity contribution in [3.63, 3.8) is 0 Å². The highest BCUT2D eigenvalue weighted by molar-refractivity contribution is 5.78. The first-order valence-electron chi connectivity index (χ1n) is 7.30. The average molecular weight is 295 g/mol. The molecule has 0 aromatic heterocycles. The Morgan fingerprint density at radius 3 is 2.40 bits per heavy atom. The summed E-state index contributed by atoms with van der Waals surface area (Å²) in [6, 6.07) is 0. The van der Waals surface area contributed by atoms with Crippen LogP contribution in [-0.4, -0.2) is 30.3 Å². The Bertz CT molecular complexity index is 299. The number of carbonyl (C=O) groups is 1. The zero-order valence-electron chi connectivity index (χ0n) is 11.9. The number of nitrogens with one attached hydrogen (secondary N) is 1. The number of halogens is 3. The fourth-order valence-electron chi connectivity index (χ4n) is 2.58. The number of aliphatic hydroxyl groups is 1. The van der Waals surface area contributed by atoms with Crippen molar-refractivity contribution in [1.82, 2.24) is 5.32 Å². The Kier molecular flexibility index (Phi) is 6.79. The third-order valence-electron chi connectivity index (χ3n) is 4.05. The van der Waals surface area contributed by atoms with E-state index in [0.717, 1.165) is 12.8 Å². The molecule has 0 saturated heterocycles. The van der Waals surface area contributed by atoms with Gasteiger partial charge >= 0.3 is 6.18 Å². The minimum atomic E-state index is -4.12. The Balaban J connectivity index is 2.19. The fourth-order valence-corrected chi connectivity index (χ4v) is 2.58. The van der Waals surface area contributed by atoms with E-state index in [2.05, 4.69) is 5.32 Å². The van der Waals surface area contributed by atoms with Crippen molar-refractivity contribution < 1.29 is 23.1 Å². The summed E-state index contributed by atoms with van der Waals surface area (Å²) in [7, 11) is 0. The summed E-state index contributed by atoms with van der Waals surface area (Å²) in [6.07, 6.45) is -1.75. The van der Waals surface area contributed by atoms with Crippen molar-refractivity contribution in [1.29, 1.82) is 0 Å². The van der Waals surface area contributed by atoms with Crippen LogP contribution in [0, 0.1) is 17.8 Å². The molecule has 0 aromatic rings. The second-order valence-corrected chi connectivity index (χ2v) is 5.81. The first-order valence-corrected chi connectivity index (χ1v) is 7.30. The summed E-state index contributed by atoms with van der Waals surface area (Å²) in [5.74, 6) is -1.42. The van der Waals surface area contributed by atoms with Gasteiger partial charge in [0.25, 0.3) is 0 Å². The van der Waals surface area contributed by atoms with E-state index in [0.29, 0.717) is 19.4 Å². The lowest BCUT2D eigenvalue weighted by molar-refractivity contribution is -0.184. The van der Waals surface area contributed by atoms with Crippen LogP contribution >= 0.6 is 0 Å². The van der Waals surface area contributed by atoms with E-state index in [-0.39, 0.29) is 37.2 Å². The maximum atomic E-state index is 12.5. The SMILES string of the molecule is CC(CO)CCCNC(=O)C1CCC(C(F)(F)F)CC1. The van der Waals surface area contributed by atoms with Gasteiger partial charge in [0.1, 0.15) is 0 Å². The number of carbonyl (C=O) groups excluding carboxylic acids is 1. The number of rotatable bonds is 6. The summed E-state index contributed by atoms with van der Waals surface area (Å²) < 4.78 is 37.5. The van der Waals surface area contributed by atoms with E-state index in [9.17, 15) is 18.0 Å². The van der Waals surface area contributed by atoms with Gasteiger partial charge in [-0.3, -0.25) is 4.79 Å². The molecule has 3 nitrogen and oxygen atoms in total. The summed E-state index contributed by atoms with van der Waals surface area (Å²) in [4.78, 5) is 11.8. The molecule has 0 heterocycles. The number of hydrogen-bond donors (Lipinski definition) is 2. The lowest BCUT2D eigenvalue weighted by Crippen LogP contribution is -2.36. The molecule has 1 amide bonds. The monoisotopic (exact) mass is 295 g/mol.